The first-order valence-corrected chi connectivity index (χ1v) is 10.3. The first-order chi connectivity index (χ1) is 13.1. The highest BCUT2D eigenvalue weighted by atomic mass is 32.2. The fourth-order valence-corrected chi connectivity index (χ4v) is 5.15. The molecule has 0 saturated carbocycles. The SMILES string of the molecule is O=S1(=O)NC2CCCN2c2ccc(Oc3cccc(-n4ccnc4)c3)cc21. The average molecular weight is 382 g/mol. The molecule has 2 aliphatic rings. The van der Waals surface area contributed by atoms with Crippen molar-refractivity contribution in [2.75, 3.05) is 11.4 Å². The maximum Gasteiger partial charge on any atom is 0.244 e. The summed E-state index contributed by atoms with van der Waals surface area (Å²) in [4.78, 5) is 6.43. The Hall–Kier alpha value is -2.84. The lowest BCUT2D eigenvalue weighted by atomic mass is 10.2. The minimum atomic E-state index is -3.54. The number of imidazole rings is 1. The van der Waals surface area contributed by atoms with Crippen LogP contribution in [0.2, 0.25) is 0 Å². The predicted molar refractivity (Wildman–Crippen MR) is 101 cm³/mol. The van der Waals surface area contributed by atoms with E-state index in [0.717, 1.165) is 30.8 Å². The molecule has 1 saturated heterocycles. The lowest BCUT2D eigenvalue weighted by Crippen LogP contribution is -2.48. The Morgan fingerprint density at radius 2 is 2.04 bits per heavy atom. The van der Waals surface area contributed by atoms with Crippen LogP contribution in [0.1, 0.15) is 12.8 Å². The van der Waals surface area contributed by atoms with Gasteiger partial charge < -0.3 is 14.2 Å². The summed E-state index contributed by atoms with van der Waals surface area (Å²) in [6, 6.07) is 12.8. The smallest absolute Gasteiger partial charge is 0.244 e. The summed E-state index contributed by atoms with van der Waals surface area (Å²) in [5, 5.41) is 0. The van der Waals surface area contributed by atoms with Gasteiger partial charge in [0.05, 0.1) is 23.9 Å². The van der Waals surface area contributed by atoms with Crippen LogP contribution in [0.5, 0.6) is 11.5 Å². The topological polar surface area (TPSA) is 76.5 Å². The van der Waals surface area contributed by atoms with Crippen molar-refractivity contribution >= 4 is 15.7 Å². The molecule has 27 heavy (non-hydrogen) atoms. The van der Waals surface area contributed by atoms with E-state index in [1.54, 1.807) is 18.6 Å². The Balaban J connectivity index is 1.48. The van der Waals surface area contributed by atoms with Crippen molar-refractivity contribution in [3.05, 3.63) is 61.2 Å². The molecule has 1 fully saturated rings. The van der Waals surface area contributed by atoms with Gasteiger partial charge in [0.25, 0.3) is 0 Å². The lowest BCUT2D eigenvalue weighted by molar-refractivity contribution is 0.478. The first kappa shape index (κ1) is 16.3. The van der Waals surface area contributed by atoms with Crippen molar-refractivity contribution < 1.29 is 13.2 Å². The van der Waals surface area contributed by atoms with Crippen molar-refractivity contribution in [1.82, 2.24) is 14.3 Å². The Labute approximate surface area is 157 Å². The van der Waals surface area contributed by atoms with E-state index in [0.29, 0.717) is 11.5 Å². The van der Waals surface area contributed by atoms with Crippen molar-refractivity contribution in [3.8, 4) is 17.2 Å². The van der Waals surface area contributed by atoms with E-state index in [1.165, 1.54) is 0 Å². The molecule has 8 heteroatoms. The van der Waals surface area contributed by atoms with Gasteiger partial charge in [0.2, 0.25) is 10.0 Å². The minimum Gasteiger partial charge on any atom is -0.457 e. The molecule has 0 spiro atoms. The highest BCUT2D eigenvalue weighted by molar-refractivity contribution is 7.89. The molecular formula is C19H18N4O3S. The second-order valence-electron chi connectivity index (χ2n) is 6.67. The van der Waals surface area contributed by atoms with Crippen LogP contribution < -0.4 is 14.4 Å². The van der Waals surface area contributed by atoms with Crippen LogP contribution in [0.4, 0.5) is 5.69 Å². The molecule has 1 unspecified atom stereocenters. The van der Waals surface area contributed by atoms with Gasteiger partial charge in [-0.2, -0.15) is 4.72 Å². The lowest BCUT2D eigenvalue weighted by Gasteiger charge is -2.33. The fourth-order valence-electron chi connectivity index (χ4n) is 3.69. The van der Waals surface area contributed by atoms with Crippen molar-refractivity contribution in [2.24, 2.45) is 0 Å². The van der Waals surface area contributed by atoms with Crippen LogP contribution in [0.15, 0.2) is 66.1 Å². The molecule has 3 heterocycles. The number of nitrogens with one attached hydrogen (secondary N) is 1. The van der Waals surface area contributed by atoms with Crippen LogP contribution >= 0.6 is 0 Å². The Bertz CT molecular complexity index is 1100. The van der Waals surface area contributed by atoms with E-state index in [1.807, 2.05) is 47.2 Å². The summed E-state index contributed by atoms with van der Waals surface area (Å²) in [5.74, 6) is 1.11. The van der Waals surface area contributed by atoms with E-state index >= 15 is 0 Å². The number of anilines is 1. The van der Waals surface area contributed by atoms with Gasteiger partial charge in [0.15, 0.2) is 0 Å². The van der Waals surface area contributed by atoms with Gasteiger partial charge >= 0.3 is 0 Å². The van der Waals surface area contributed by atoms with E-state index in [9.17, 15) is 8.42 Å². The highest BCUT2D eigenvalue weighted by Crippen LogP contribution is 2.38. The third-order valence-corrected chi connectivity index (χ3v) is 6.42. The standard InChI is InChI=1S/C19H18N4O3S/c24-27(25)18-12-16(6-7-17(18)23-9-2-5-19(23)21-27)26-15-4-1-3-14(11-15)22-10-8-20-13-22/h1,3-4,6-8,10-13,19,21H,2,5,9H2. The predicted octanol–water partition coefficient (Wildman–Crippen LogP) is 2.88. The number of hydrogen-bond donors (Lipinski definition) is 1. The van der Waals surface area contributed by atoms with Gasteiger partial charge in [-0.15, -0.1) is 0 Å². The number of fused-ring (bicyclic) bond motifs is 3. The van der Waals surface area contributed by atoms with Gasteiger partial charge in [-0.05, 0) is 37.1 Å². The van der Waals surface area contributed by atoms with Crippen LogP contribution in [0.25, 0.3) is 5.69 Å². The van der Waals surface area contributed by atoms with E-state index in [-0.39, 0.29) is 11.1 Å². The van der Waals surface area contributed by atoms with E-state index in [4.69, 9.17) is 4.74 Å². The van der Waals surface area contributed by atoms with Crippen LogP contribution in [-0.2, 0) is 10.0 Å². The number of aromatic nitrogens is 2. The molecule has 1 atom stereocenters. The molecule has 0 radical (unpaired) electrons. The largest absolute Gasteiger partial charge is 0.457 e. The van der Waals surface area contributed by atoms with Gasteiger partial charge in [0.1, 0.15) is 16.4 Å². The van der Waals surface area contributed by atoms with Crippen LogP contribution in [0, 0.1) is 0 Å². The number of benzene rings is 2. The van der Waals surface area contributed by atoms with Crippen LogP contribution in [-0.4, -0.2) is 30.7 Å². The van der Waals surface area contributed by atoms with Gasteiger partial charge in [0, 0.05) is 31.1 Å². The zero-order valence-corrected chi connectivity index (χ0v) is 15.3. The van der Waals surface area contributed by atoms with Gasteiger partial charge in [-0.3, -0.25) is 0 Å². The molecule has 2 aromatic carbocycles. The summed E-state index contributed by atoms with van der Waals surface area (Å²) >= 11 is 0. The maximum absolute atomic E-state index is 12.6. The molecule has 7 nitrogen and oxygen atoms in total. The Kier molecular flexibility index (Phi) is 3.70. The first-order valence-electron chi connectivity index (χ1n) is 8.79. The number of ether oxygens (including phenoxy) is 1. The molecule has 0 aliphatic carbocycles. The third kappa shape index (κ3) is 2.87. The molecule has 5 rings (SSSR count). The molecule has 2 aliphatic heterocycles. The minimum absolute atomic E-state index is 0.138. The maximum atomic E-state index is 12.6. The van der Waals surface area contributed by atoms with Crippen molar-refractivity contribution in [3.63, 3.8) is 0 Å². The Morgan fingerprint density at radius 1 is 1.15 bits per heavy atom. The van der Waals surface area contributed by atoms with Crippen molar-refractivity contribution in [2.45, 2.75) is 23.9 Å². The van der Waals surface area contributed by atoms with Crippen molar-refractivity contribution in [1.29, 1.82) is 0 Å². The normalized spacial score (nSPS) is 20.1. The summed E-state index contributed by atoms with van der Waals surface area (Å²) in [6.07, 6.45) is 6.94. The third-order valence-electron chi connectivity index (χ3n) is 4.93. The molecule has 0 amide bonds. The number of sulfonamides is 1. The van der Waals surface area contributed by atoms with Crippen LogP contribution in [0.3, 0.4) is 0 Å². The summed E-state index contributed by atoms with van der Waals surface area (Å²) < 4.78 is 35.8. The summed E-state index contributed by atoms with van der Waals surface area (Å²) in [5.41, 5.74) is 1.66. The summed E-state index contributed by atoms with van der Waals surface area (Å²) in [7, 11) is -3.54. The fraction of sp³-hybridized carbons (Fsp3) is 0.211. The summed E-state index contributed by atoms with van der Waals surface area (Å²) in [6.45, 7) is 0.855. The zero-order valence-electron chi connectivity index (χ0n) is 14.4. The second kappa shape index (κ2) is 6.11. The quantitative estimate of drug-likeness (QED) is 0.754. The van der Waals surface area contributed by atoms with E-state index in [2.05, 4.69) is 14.6 Å². The number of hydrogen-bond acceptors (Lipinski definition) is 5. The molecule has 138 valence electrons. The van der Waals surface area contributed by atoms with E-state index < -0.39 is 10.0 Å². The average Bonchev–Trinajstić information content (AvgIpc) is 3.33. The number of nitrogens with zero attached hydrogens (tertiary/aromatic N) is 3. The Morgan fingerprint density at radius 3 is 2.89 bits per heavy atom. The number of rotatable bonds is 3. The molecular weight excluding hydrogens is 364 g/mol. The molecule has 0 bridgehead atoms. The molecule has 1 N–H and O–H groups in total. The van der Waals surface area contributed by atoms with Gasteiger partial charge in [-0.25, -0.2) is 13.4 Å². The molecule has 3 aromatic rings. The monoisotopic (exact) mass is 382 g/mol. The van der Waals surface area contributed by atoms with Gasteiger partial charge in [-0.1, -0.05) is 6.07 Å². The zero-order chi connectivity index (χ0) is 18.4. The molecule has 1 aromatic heterocycles. The highest BCUT2D eigenvalue weighted by Gasteiger charge is 2.37. The second-order valence-corrected chi connectivity index (χ2v) is 8.35.